The Hall–Kier alpha value is -1.58. The summed E-state index contributed by atoms with van der Waals surface area (Å²) in [7, 11) is 0. The summed E-state index contributed by atoms with van der Waals surface area (Å²) in [6.07, 6.45) is 0. The average molecular weight is 323 g/mol. The Morgan fingerprint density at radius 2 is 1.95 bits per heavy atom. The third-order valence-electron chi connectivity index (χ3n) is 3.41. The van der Waals surface area contributed by atoms with E-state index >= 15 is 0 Å². The van der Waals surface area contributed by atoms with Gasteiger partial charge in [0.05, 0.1) is 16.4 Å². The van der Waals surface area contributed by atoms with E-state index in [0.717, 1.165) is 16.8 Å². The zero-order valence-electron chi connectivity index (χ0n) is 11.6. The van der Waals surface area contributed by atoms with Crippen LogP contribution < -0.4 is 0 Å². The molecule has 1 atom stereocenters. The lowest BCUT2D eigenvalue weighted by atomic mass is 10.2. The molecule has 0 N–H and O–H groups in total. The van der Waals surface area contributed by atoms with Crippen LogP contribution in [0, 0.1) is 12.7 Å². The zero-order chi connectivity index (χ0) is 15.1. The van der Waals surface area contributed by atoms with E-state index in [9.17, 15) is 4.39 Å². The topological polar surface area (TPSA) is 17.8 Å². The summed E-state index contributed by atoms with van der Waals surface area (Å²) in [5, 5.41) is 0.366. The van der Waals surface area contributed by atoms with Crippen LogP contribution in [0.25, 0.3) is 16.7 Å². The van der Waals surface area contributed by atoms with Crippen molar-refractivity contribution in [1.29, 1.82) is 0 Å². The van der Waals surface area contributed by atoms with Crippen LogP contribution in [0.15, 0.2) is 36.4 Å². The van der Waals surface area contributed by atoms with Crippen LogP contribution in [0.3, 0.4) is 0 Å². The van der Waals surface area contributed by atoms with Gasteiger partial charge in [0.25, 0.3) is 0 Å². The number of hydrogen-bond acceptors (Lipinski definition) is 1. The van der Waals surface area contributed by atoms with Crippen molar-refractivity contribution in [2.45, 2.75) is 19.2 Å². The van der Waals surface area contributed by atoms with Gasteiger partial charge in [0.1, 0.15) is 11.6 Å². The smallest absolute Gasteiger partial charge is 0.132 e. The van der Waals surface area contributed by atoms with E-state index in [-0.39, 0.29) is 11.2 Å². The Kier molecular flexibility index (Phi) is 3.64. The van der Waals surface area contributed by atoms with Gasteiger partial charge in [-0.15, -0.1) is 11.6 Å². The zero-order valence-corrected chi connectivity index (χ0v) is 13.1. The van der Waals surface area contributed by atoms with Crippen molar-refractivity contribution in [2.75, 3.05) is 0 Å². The van der Waals surface area contributed by atoms with Crippen molar-refractivity contribution >= 4 is 34.2 Å². The summed E-state index contributed by atoms with van der Waals surface area (Å²) in [6, 6.07) is 10.3. The monoisotopic (exact) mass is 322 g/mol. The number of rotatable bonds is 2. The lowest BCUT2D eigenvalue weighted by Gasteiger charge is -2.11. The van der Waals surface area contributed by atoms with E-state index in [1.165, 1.54) is 12.1 Å². The maximum atomic E-state index is 13.4. The standard InChI is InChI=1S/C16H13Cl2FN2/c1-9-3-5-12(8-13(9)18)21-15-6-4-11(19)7-14(15)20-16(21)10(2)17/h3-8,10H,1-2H3. The Labute approximate surface area is 132 Å². The van der Waals surface area contributed by atoms with Crippen molar-refractivity contribution in [3.05, 3.63) is 58.6 Å². The molecule has 2 nitrogen and oxygen atoms in total. The van der Waals surface area contributed by atoms with E-state index in [0.29, 0.717) is 16.4 Å². The molecule has 1 aromatic heterocycles. The molecular weight excluding hydrogens is 310 g/mol. The number of hydrogen-bond donors (Lipinski definition) is 0. The molecule has 108 valence electrons. The number of imidazole rings is 1. The second-order valence-electron chi connectivity index (χ2n) is 4.99. The highest BCUT2D eigenvalue weighted by atomic mass is 35.5. The summed E-state index contributed by atoms with van der Waals surface area (Å²) >= 11 is 12.4. The molecule has 0 fully saturated rings. The molecule has 1 unspecified atom stereocenters. The molecule has 21 heavy (non-hydrogen) atoms. The van der Waals surface area contributed by atoms with Crippen LogP contribution in [-0.2, 0) is 0 Å². The predicted octanol–water partition coefficient (Wildman–Crippen LogP) is 5.43. The number of halogens is 3. The molecule has 3 aromatic rings. The van der Waals surface area contributed by atoms with Gasteiger partial charge in [-0.1, -0.05) is 17.7 Å². The second kappa shape index (κ2) is 5.32. The maximum Gasteiger partial charge on any atom is 0.132 e. The normalized spacial score (nSPS) is 12.8. The highest BCUT2D eigenvalue weighted by molar-refractivity contribution is 6.31. The molecule has 0 aliphatic carbocycles. The molecule has 0 saturated carbocycles. The van der Waals surface area contributed by atoms with Crippen LogP contribution in [0.5, 0.6) is 0 Å². The largest absolute Gasteiger partial charge is 0.295 e. The van der Waals surface area contributed by atoms with E-state index in [1.807, 2.05) is 36.6 Å². The molecular formula is C16H13Cl2FN2. The fraction of sp³-hybridized carbons (Fsp3) is 0.188. The fourth-order valence-corrected chi connectivity index (χ4v) is 2.65. The van der Waals surface area contributed by atoms with Gasteiger partial charge in [-0.2, -0.15) is 0 Å². The van der Waals surface area contributed by atoms with E-state index < -0.39 is 0 Å². The van der Waals surface area contributed by atoms with Crippen LogP contribution in [0.4, 0.5) is 4.39 Å². The first-order chi connectivity index (χ1) is 9.97. The highest BCUT2D eigenvalue weighted by Gasteiger charge is 2.17. The van der Waals surface area contributed by atoms with E-state index in [2.05, 4.69) is 4.98 Å². The van der Waals surface area contributed by atoms with Crippen LogP contribution in [0.1, 0.15) is 23.7 Å². The number of aryl methyl sites for hydroxylation is 1. The SMILES string of the molecule is Cc1ccc(-n2c(C(C)Cl)nc3cc(F)ccc32)cc1Cl. The summed E-state index contributed by atoms with van der Waals surface area (Å²) in [6.45, 7) is 3.78. The van der Waals surface area contributed by atoms with Crippen molar-refractivity contribution in [3.8, 4) is 5.69 Å². The molecule has 0 aliphatic heterocycles. The first kappa shape index (κ1) is 14.4. The minimum absolute atomic E-state index is 0.305. The van der Waals surface area contributed by atoms with Crippen LogP contribution in [-0.4, -0.2) is 9.55 Å². The number of aromatic nitrogens is 2. The van der Waals surface area contributed by atoms with E-state index in [4.69, 9.17) is 23.2 Å². The Balaban J connectivity index is 2.33. The molecule has 2 aromatic carbocycles. The van der Waals surface area contributed by atoms with Gasteiger partial charge in [0, 0.05) is 16.8 Å². The van der Waals surface area contributed by atoms with Gasteiger partial charge < -0.3 is 0 Å². The van der Waals surface area contributed by atoms with Gasteiger partial charge in [0.15, 0.2) is 0 Å². The number of nitrogens with zero attached hydrogens (tertiary/aromatic N) is 2. The first-order valence-corrected chi connectivity index (χ1v) is 7.37. The fourth-order valence-electron chi connectivity index (χ4n) is 2.33. The molecule has 0 aliphatic rings. The number of benzene rings is 2. The molecule has 3 rings (SSSR count). The van der Waals surface area contributed by atoms with Crippen LogP contribution in [0.2, 0.25) is 5.02 Å². The predicted molar refractivity (Wildman–Crippen MR) is 85.0 cm³/mol. The lowest BCUT2D eigenvalue weighted by molar-refractivity contribution is 0.629. The average Bonchev–Trinajstić information content (AvgIpc) is 2.80. The number of fused-ring (bicyclic) bond motifs is 1. The van der Waals surface area contributed by atoms with Gasteiger partial charge in [-0.3, -0.25) is 4.57 Å². The number of alkyl halides is 1. The molecule has 0 amide bonds. The molecule has 5 heteroatoms. The molecule has 0 radical (unpaired) electrons. The van der Waals surface area contributed by atoms with Crippen molar-refractivity contribution in [1.82, 2.24) is 9.55 Å². The Bertz CT molecular complexity index is 825. The van der Waals surface area contributed by atoms with Gasteiger partial charge in [-0.05, 0) is 43.7 Å². The summed E-state index contributed by atoms with van der Waals surface area (Å²) < 4.78 is 15.3. The van der Waals surface area contributed by atoms with Gasteiger partial charge in [0.2, 0.25) is 0 Å². The van der Waals surface area contributed by atoms with E-state index in [1.54, 1.807) is 6.07 Å². The molecule has 1 heterocycles. The Morgan fingerprint density at radius 1 is 1.19 bits per heavy atom. The lowest BCUT2D eigenvalue weighted by Crippen LogP contribution is -2.02. The first-order valence-electron chi connectivity index (χ1n) is 6.56. The summed E-state index contributed by atoms with van der Waals surface area (Å²) in [4.78, 5) is 4.45. The molecule has 0 saturated heterocycles. The van der Waals surface area contributed by atoms with Crippen molar-refractivity contribution in [2.24, 2.45) is 0 Å². The quantitative estimate of drug-likeness (QED) is 0.575. The summed E-state index contributed by atoms with van der Waals surface area (Å²) in [5.74, 6) is 0.347. The van der Waals surface area contributed by atoms with Crippen molar-refractivity contribution in [3.63, 3.8) is 0 Å². The Morgan fingerprint density at radius 3 is 2.62 bits per heavy atom. The minimum Gasteiger partial charge on any atom is -0.295 e. The highest BCUT2D eigenvalue weighted by Crippen LogP contribution is 2.30. The molecule has 0 bridgehead atoms. The van der Waals surface area contributed by atoms with Gasteiger partial charge in [-0.25, -0.2) is 9.37 Å². The minimum atomic E-state index is -0.317. The van der Waals surface area contributed by atoms with Crippen LogP contribution >= 0.6 is 23.2 Å². The summed E-state index contributed by atoms with van der Waals surface area (Å²) in [5.41, 5.74) is 3.24. The molecule has 0 spiro atoms. The third kappa shape index (κ3) is 2.52. The third-order valence-corrected chi connectivity index (χ3v) is 4.01. The van der Waals surface area contributed by atoms with Gasteiger partial charge >= 0.3 is 0 Å². The maximum absolute atomic E-state index is 13.4. The van der Waals surface area contributed by atoms with Crippen molar-refractivity contribution < 1.29 is 4.39 Å². The second-order valence-corrected chi connectivity index (χ2v) is 6.05.